The molecule has 0 atom stereocenters. The number of aryl methyl sites for hydroxylation is 1. The maximum Gasteiger partial charge on any atom is 0.273 e. The van der Waals surface area contributed by atoms with Gasteiger partial charge in [0.2, 0.25) is 0 Å². The van der Waals surface area contributed by atoms with Crippen LogP contribution in [0.1, 0.15) is 22.3 Å². The summed E-state index contributed by atoms with van der Waals surface area (Å²) in [6.07, 6.45) is 0.680. The van der Waals surface area contributed by atoms with Crippen molar-refractivity contribution in [3.63, 3.8) is 0 Å². The first-order chi connectivity index (χ1) is 8.06. The molecule has 6 nitrogen and oxygen atoms in total. The third kappa shape index (κ3) is 3.53. The van der Waals surface area contributed by atoms with Gasteiger partial charge in [-0.3, -0.25) is 14.9 Å². The Balaban J connectivity index is 2.81. The summed E-state index contributed by atoms with van der Waals surface area (Å²) in [5.41, 5.74) is 6.08. The zero-order valence-electron chi connectivity index (χ0n) is 9.60. The third-order valence-electron chi connectivity index (χ3n) is 2.33. The van der Waals surface area contributed by atoms with E-state index >= 15 is 0 Å². The topological polar surface area (TPSA) is 98.3 Å². The molecule has 0 aliphatic heterocycles. The first kappa shape index (κ1) is 13.1. The molecule has 0 aromatic heterocycles. The molecule has 1 rings (SSSR count). The molecule has 6 heteroatoms. The fourth-order valence-electron chi connectivity index (χ4n) is 1.35. The van der Waals surface area contributed by atoms with Gasteiger partial charge in [-0.2, -0.15) is 0 Å². The molecule has 0 unspecified atom stereocenters. The number of nitro benzene ring substituents is 1. The SMILES string of the molecule is Cc1ccc(C(=O)NCCCN)cc1[N+](=O)[O-]. The van der Waals surface area contributed by atoms with Gasteiger partial charge in [0.1, 0.15) is 0 Å². The zero-order chi connectivity index (χ0) is 12.8. The van der Waals surface area contributed by atoms with E-state index in [1.165, 1.54) is 6.07 Å². The fraction of sp³-hybridized carbons (Fsp3) is 0.364. The van der Waals surface area contributed by atoms with Crippen molar-refractivity contribution in [2.75, 3.05) is 13.1 Å². The molecule has 0 aliphatic carbocycles. The molecule has 0 bridgehead atoms. The van der Waals surface area contributed by atoms with Gasteiger partial charge in [-0.05, 0) is 26.0 Å². The lowest BCUT2D eigenvalue weighted by molar-refractivity contribution is -0.385. The maximum absolute atomic E-state index is 11.6. The lowest BCUT2D eigenvalue weighted by atomic mass is 10.1. The highest BCUT2D eigenvalue weighted by molar-refractivity contribution is 5.94. The molecule has 17 heavy (non-hydrogen) atoms. The quantitative estimate of drug-likeness (QED) is 0.453. The van der Waals surface area contributed by atoms with Crippen molar-refractivity contribution in [1.29, 1.82) is 0 Å². The van der Waals surface area contributed by atoms with E-state index in [1.54, 1.807) is 19.1 Å². The highest BCUT2D eigenvalue weighted by Crippen LogP contribution is 2.19. The van der Waals surface area contributed by atoms with Crippen LogP contribution in [0.5, 0.6) is 0 Å². The molecule has 3 N–H and O–H groups in total. The number of rotatable bonds is 5. The standard InChI is InChI=1S/C11H15N3O3/c1-8-3-4-9(7-10(8)14(16)17)11(15)13-6-2-5-12/h3-4,7H,2,5-6,12H2,1H3,(H,13,15). The van der Waals surface area contributed by atoms with Crippen LogP contribution in [-0.2, 0) is 0 Å². The Labute approximate surface area is 99.0 Å². The molecule has 0 aliphatic rings. The van der Waals surface area contributed by atoms with E-state index in [4.69, 9.17) is 5.73 Å². The lowest BCUT2D eigenvalue weighted by Crippen LogP contribution is -2.26. The number of nitrogens with two attached hydrogens (primary N) is 1. The number of amides is 1. The van der Waals surface area contributed by atoms with Crippen LogP contribution in [0.15, 0.2) is 18.2 Å². The zero-order valence-corrected chi connectivity index (χ0v) is 9.60. The van der Waals surface area contributed by atoms with Gasteiger partial charge in [-0.1, -0.05) is 6.07 Å². The summed E-state index contributed by atoms with van der Waals surface area (Å²) in [5.74, 6) is -0.318. The maximum atomic E-state index is 11.6. The van der Waals surface area contributed by atoms with E-state index in [1.807, 2.05) is 0 Å². The second kappa shape index (κ2) is 5.95. The number of nitrogens with one attached hydrogen (secondary N) is 1. The predicted octanol–water partition coefficient (Wildman–Crippen LogP) is 0.982. The summed E-state index contributed by atoms with van der Waals surface area (Å²) < 4.78 is 0. The Hall–Kier alpha value is -1.95. The van der Waals surface area contributed by atoms with Gasteiger partial charge in [0.25, 0.3) is 11.6 Å². The molecule has 92 valence electrons. The van der Waals surface area contributed by atoms with Crippen molar-refractivity contribution in [3.05, 3.63) is 39.4 Å². The van der Waals surface area contributed by atoms with Crippen LogP contribution in [0.3, 0.4) is 0 Å². The molecule has 0 saturated heterocycles. The highest BCUT2D eigenvalue weighted by Gasteiger charge is 2.14. The second-order valence-electron chi connectivity index (χ2n) is 3.66. The summed E-state index contributed by atoms with van der Waals surface area (Å²) in [7, 11) is 0. The van der Waals surface area contributed by atoms with Crippen molar-refractivity contribution in [3.8, 4) is 0 Å². The number of carbonyl (C=O) groups excluding carboxylic acids is 1. The largest absolute Gasteiger partial charge is 0.352 e. The van der Waals surface area contributed by atoms with Gasteiger partial charge in [-0.25, -0.2) is 0 Å². The van der Waals surface area contributed by atoms with E-state index in [0.717, 1.165) is 0 Å². The van der Waals surface area contributed by atoms with Crippen LogP contribution in [-0.4, -0.2) is 23.9 Å². The molecule has 0 heterocycles. The molecular formula is C11H15N3O3. The summed E-state index contributed by atoms with van der Waals surface area (Å²) >= 11 is 0. The van der Waals surface area contributed by atoms with Crippen molar-refractivity contribution in [2.45, 2.75) is 13.3 Å². The Kier molecular flexibility index (Phi) is 4.59. The van der Waals surface area contributed by atoms with Crippen molar-refractivity contribution in [1.82, 2.24) is 5.32 Å². The van der Waals surface area contributed by atoms with Crippen LogP contribution in [0, 0.1) is 17.0 Å². The predicted molar refractivity (Wildman–Crippen MR) is 63.8 cm³/mol. The number of carbonyl (C=O) groups is 1. The summed E-state index contributed by atoms with van der Waals surface area (Å²) in [5, 5.41) is 13.4. The Morgan fingerprint density at radius 2 is 2.24 bits per heavy atom. The van der Waals surface area contributed by atoms with E-state index in [2.05, 4.69) is 5.32 Å². The van der Waals surface area contributed by atoms with Crippen LogP contribution in [0.25, 0.3) is 0 Å². The van der Waals surface area contributed by atoms with Gasteiger partial charge >= 0.3 is 0 Å². The molecule has 1 amide bonds. The minimum atomic E-state index is -0.494. The third-order valence-corrected chi connectivity index (χ3v) is 2.33. The Morgan fingerprint density at radius 3 is 2.82 bits per heavy atom. The average Bonchev–Trinajstić information content (AvgIpc) is 2.29. The van der Waals surface area contributed by atoms with Crippen LogP contribution in [0.4, 0.5) is 5.69 Å². The highest BCUT2D eigenvalue weighted by atomic mass is 16.6. The lowest BCUT2D eigenvalue weighted by Gasteiger charge is -2.05. The number of nitrogens with zero attached hydrogens (tertiary/aromatic N) is 1. The van der Waals surface area contributed by atoms with Crippen molar-refractivity contribution < 1.29 is 9.72 Å². The van der Waals surface area contributed by atoms with Crippen molar-refractivity contribution in [2.24, 2.45) is 5.73 Å². The van der Waals surface area contributed by atoms with Gasteiger partial charge < -0.3 is 11.1 Å². The number of benzene rings is 1. The molecule has 0 saturated carbocycles. The number of hydrogen-bond donors (Lipinski definition) is 2. The molecule has 1 aromatic rings. The Morgan fingerprint density at radius 1 is 1.53 bits per heavy atom. The molecule has 0 spiro atoms. The number of nitro groups is 1. The van der Waals surface area contributed by atoms with Gasteiger partial charge in [0.05, 0.1) is 4.92 Å². The van der Waals surface area contributed by atoms with E-state index in [0.29, 0.717) is 30.6 Å². The van der Waals surface area contributed by atoms with E-state index in [9.17, 15) is 14.9 Å². The molecular weight excluding hydrogens is 222 g/mol. The average molecular weight is 237 g/mol. The van der Waals surface area contributed by atoms with E-state index in [-0.39, 0.29) is 11.6 Å². The summed E-state index contributed by atoms with van der Waals surface area (Å²) in [4.78, 5) is 21.9. The first-order valence-corrected chi connectivity index (χ1v) is 5.29. The van der Waals surface area contributed by atoms with E-state index < -0.39 is 4.92 Å². The normalized spacial score (nSPS) is 10.0. The van der Waals surface area contributed by atoms with Gasteiger partial charge in [-0.15, -0.1) is 0 Å². The molecule has 1 aromatic carbocycles. The number of hydrogen-bond acceptors (Lipinski definition) is 4. The fourth-order valence-corrected chi connectivity index (χ4v) is 1.35. The van der Waals surface area contributed by atoms with Crippen LogP contribution >= 0.6 is 0 Å². The minimum Gasteiger partial charge on any atom is -0.352 e. The van der Waals surface area contributed by atoms with Crippen LogP contribution in [0.2, 0.25) is 0 Å². The van der Waals surface area contributed by atoms with Crippen LogP contribution < -0.4 is 11.1 Å². The summed E-state index contributed by atoms with van der Waals surface area (Å²) in [6, 6.07) is 4.42. The molecule has 0 radical (unpaired) electrons. The van der Waals surface area contributed by atoms with Gasteiger partial charge in [0, 0.05) is 23.7 Å². The van der Waals surface area contributed by atoms with Gasteiger partial charge in [0.15, 0.2) is 0 Å². The minimum absolute atomic E-state index is 0.0449. The summed E-state index contributed by atoms with van der Waals surface area (Å²) in [6.45, 7) is 2.60. The molecule has 0 fully saturated rings. The second-order valence-corrected chi connectivity index (χ2v) is 3.66. The van der Waals surface area contributed by atoms with Crippen molar-refractivity contribution >= 4 is 11.6 Å². The smallest absolute Gasteiger partial charge is 0.273 e. The Bertz CT molecular complexity index is 432. The first-order valence-electron chi connectivity index (χ1n) is 5.29. The monoisotopic (exact) mass is 237 g/mol.